The molecule has 4 bridgehead atoms. The van der Waals surface area contributed by atoms with Crippen molar-refractivity contribution in [3.8, 4) is 0 Å². The van der Waals surface area contributed by atoms with Crippen molar-refractivity contribution < 1.29 is 5.11 Å². The molecule has 1 aromatic heterocycles. The summed E-state index contributed by atoms with van der Waals surface area (Å²) in [5, 5.41) is 15.3. The molecule has 0 radical (unpaired) electrons. The Morgan fingerprint density at radius 1 is 1.26 bits per heavy atom. The highest BCUT2D eigenvalue weighted by atomic mass is 16.3. The van der Waals surface area contributed by atoms with E-state index in [0.717, 1.165) is 23.4 Å². The zero-order valence-corrected chi connectivity index (χ0v) is 11.8. The van der Waals surface area contributed by atoms with Crippen molar-refractivity contribution in [1.82, 2.24) is 9.78 Å². The van der Waals surface area contributed by atoms with Gasteiger partial charge >= 0.3 is 0 Å². The topological polar surface area (TPSA) is 38.0 Å². The van der Waals surface area contributed by atoms with Gasteiger partial charge in [0.2, 0.25) is 0 Å². The summed E-state index contributed by atoms with van der Waals surface area (Å²) in [6.45, 7) is 2.69. The number of aryl methyl sites for hydroxylation is 1. The van der Waals surface area contributed by atoms with Gasteiger partial charge in [0.05, 0.1) is 18.3 Å². The third-order valence-corrected chi connectivity index (χ3v) is 5.93. The quantitative estimate of drug-likeness (QED) is 0.907. The minimum atomic E-state index is -0.208. The van der Waals surface area contributed by atoms with Crippen molar-refractivity contribution in [2.24, 2.45) is 23.2 Å². The molecule has 0 aromatic carbocycles. The molecule has 4 saturated carbocycles. The first-order valence-corrected chi connectivity index (χ1v) is 7.81. The molecule has 1 heterocycles. The van der Waals surface area contributed by atoms with Crippen LogP contribution in [0.15, 0.2) is 12.3 Å². The van der Waals surface area contributed by atoms with Gasteiger partial charge < -0.3 is 5.11 Å². The summed E-state index contributed by atoms with van der Waals surface area (Å²) in [6.07, 6.45) is 9.90. The first kappa shape index (κ1) is 12.0. The highest BCUT2D eigenvalue weighted by molar-refractivity contribution is 5.04. The molecule has 5 rings (SSSR count). The largest absolute Gasteiger partial charge is 0.391 e. The Morgan fingerprint density at radius 3 is 2.32 bits per heavy atom. The third-order valence-electron chi connectivity index (χ3n) is 5.93. The Labute approximate surface area is 115 Å². The van der Waals surface area contributed by atoms with E-state index in [1.54, 1.807) is 0 Å². The van der Waals surface area contributed by atoms with E-state index in [1.807, 2.05) is 23.9 Å². The smallest absolute Gasteiger partial charge is 0.0792 e. The number of aliphatic hydroxyl groups excluding tert-OH is 1. The molecular formula is C16H24N2O. The Hall–Kier alpha value is -0.830. The molecule has 1 atom stereocenters. The molecule has 0 amide bonds. The molecule has 19 heavy (non-hydrogen) atoms. The van der Waals surface area contributed by atoms with Crippen molar-refractivity contribution in [3.63, 3.8) is 0 Å². The standard InChI is InChI=1S/C16H24N2O/c1-11-2-3-18(17-11)10-15(19)16-7-12-4-13(8-16)6-14(5-12)9-16/h2-3,12-15,19H,4-10H2,1H3. The van der Waals surface area contributed by atoms with E-state index in [2.05, 4.69) is 5.10 Å². The third kappa shape index (κ3) is 1.94. The van der Waals surface area contributed by atoms with Crippen LogP contribution in [0.25, 0.3) is 0 Å². The van der Waals surface area contributed by atoms with Crippen molar-refractivity contribution >= 4 is 0 Å². The van der Waals surface area contributed by atoms with Crippen LogP contribution >= 0.6 is 0 Å². The lowest BCUT2D eigenvalue weighted by molar-refractivity contribution is -0.125. The monoisotopic (exact) mass is 260 g/mol. The lowest BCUT2D eigenvalue weighted by atomic mass is 9.48. The molecule has 3 heteroatoms. The predicted molar refractivity (Wildman–Crippen MR) is 73.6 cm³/mol. The zero-order chi connectivity index (χ0) is 13.0. The molecule has 1 N–H and O–H groups in total. The van der Waals surface area contributed by atoms with E-state index in [0.29, 0.717) is 6.54 Å². The second-order valence-corrected chi connectivity index (χ2v) is 7.47. The van der Waals surface area contributed by atoms with Gasteiger partial charge in [-0.25, -0.2) is 0 Å². The number of aromatic nitrogens is 2. The minimum Gasteiger partial charge on any atom is -0.391 e. The molecule has 4 aliphatic carbocycles. The first-order chi connectivity index (χ1) is 9.13. The fourth-order valence-electron chi connectivity index (χ4n) is 5.52. The number of aliphatic hydroxyl groups is 1. The molecule has 104 valence electrons. The van der Waals surface area contributed by atoms with Gasteiger partial charge in [0, 0.05) is 6.20 Å². The maximum Gasteiger partial charge on any atom is 0.0792 e. The van der Waals surface area contributed by atoms with Gasteiger partial charge in [-0.3, -0.25) is 4.68 Å². The molecule has 4 fully saturated rings. The number of rotatable bonds is 3. The normalized spacial score (nSPS) is 41.7. The molecule has 3 nitrogen and oxygen atoms in total. The summed E-state index contributed by atoms with van der Waals surface area (Å²) in [6, 6.07) is 2.02. The SMILES string of the molecule is Cc1ccn(CC(O)C23CC4CC(CC(C4)C2)C3)n1. The van der Waals surface area contributed by atoms with Crippen molar-refractivity contribution in [3.05, 3.63) is 18.0 Å². The number of hydrogen-bond acceptors (Lipinski definition) is 2. The summed E-state index contributed by atoms with van der Waals surface area (Å²) >= 11 is 0. The summed E-state index contributed by atoms with van der Waals surface area (Å²) in [5.41, 5.74) is 1.26. The summed E-state index contributed by atoms with van der Waals surface area (Å²) < 4.78 is 1.93. The average Bonchev–Trinajstić information content (AvgIpc) is 2.73. The maximum absolute atomic E-state index is 10.8. The summed E-state index contributed by atoms with van der Waals surface area (Å²) in [7, 11) is 0. The van der Waals surface area contributed by atoms with Gasteiger partial charge in [0.15, 0.2) is 0 Å². The molecule has 0 saturated heterocycles. The van der Waals surface area contributed by atoms with Crippen molar-refractivity contribution in [1.29, 1.82) is 0 Å². The fourth-order valence-corrected chi connectivity index (χ4v) is 5.52. The zero-order valence-electron chi connectivity index (χ0n) is 11.8. The molecule has 0 spiro atoms. The average molecular weight is 260 g/mol. The number of hydrogen-bond donors (Lipinski definition) is 1. The first-order valence-electron chi connectivity index (χ1n) is 7.81. The Bertz CT molecular complexity index is 444. The second kappa shape index (κ2) is 4.08. The van der Waals surface area contributed by atoms with E-state index < -0.39 is 0 Å². The lowest BCUT2D eigenvalue weighted by Crippen LogP contribution is -2.52. The lowest BCUT2D eigenvalue weighted by Gasteiger charge is -2.58. The molecule has 4 aliphatic rings. The Morgan fingerprint density at radius 2 is 1.84 bits per heavy atom. The van der Waals surface area contributed by atoms with Gasteiger partial charge in [-0.1, -0.05) is 0 Å². The molecule has 1 aromatic rings. The van der Waals surface area contributed by atoms with E-state index in [-0.39, 0.29) is 11.5 Å². The van der Waals surface area contributed by atoms with E-state index in [1.165, 1.54) is 38.5 Å². The highest BCUT2D eigenvalue weighted by Crippen LogP contribution is 2.61. The predicted octanol–water partition coefficient (Wildman–Crippen LogP) is 2.77. The molecule has 0 aliphatic heterocycles. The van der Waals surface area contributed by atoms with Gasteiger partial charge in [0.1, 0.15) is 0 Å². The molecular weight excluding hydrogens is 236 g/mol. The van der Waals surface area contributed by atoms with Crippen LogP contribution < -0.4 is 0 Å². The van der Waals surface area contributed by atoms with E-state index in [9.17, 15) is 5.11 Å². The van der Waals surface area contributed by atoms with E-state index in [4.69, 9.17) is 0 Å². The van der Waals surface area contributed by atoms with E-state index >= 15 is 0 Å². The van der Waals surface area contributed by atoms with Crippen molar-refractivity contribution in [2.75, 3.05) is 0 Å². The second-order valence-electron chi connectivity index (χ2n) is 7.47. The fraction of sp³-hybridized carbons (Fsp3) is 0.812. The molecule has 1 unspecified atom stereocenters. The van der Waals surface area contributed by atoms with Crippen LogP contribution in [0.2, 0.25) is 0 Å². The maximum atomic E-state index is 10.8. The summed E-state index contributed by atoms with van der Waals surface area (Å²) in [4.78, 5) is 0. The van der Waals surface area contributed by atoms with Crippen LogP contribution in [0.5, 0.6) is 0 Å². The van der Waals surface area contributed by atoms with Gasteiger partial charge in [-0.2, -0.15) is 5.10 Å². The van der Waals surface area contributed by atoms with Crippen LogP contribution in [0.1, 0.15) is 44.2 Å². The Kier molecular flexibility index (Phi) is 2.57. The highest BCUT2D eigenvalue weighted by Gasteiger charge is 2.53. The van der Waals surface area contributed by atoms with Gasteiger partial charge in [-0.05, 0) is 74.7 Å². The van der Waals surface area contributed by atoms with Crippen LogP contribution in [0.4, 0.5) is 0 Å². The number of nitrogens with zero attached hydrogens (tertiary/aromatic N) is 2. The Balaban J connectivity index is 1.54. The van der Waals surface area contributed by atoms with Crippen LogP contribution in [-0.2, 0) is 6.54 Å². The minimum absolute atomic E-state index is 0.208. The van der Waals surface area contributed by atoms with Crippen LogP contribution in [0.3, 0.4) is 0 Å². The van der Waals surface area contributed by atoms with Crippen LogP contribution in [-0.4, -0.2) is 21.0 Å². The summed E-state index contributed by atoms with van der Waals surface area (Å²) in [5.74, 6) is 2.71. The van der Waals surface area contributed by atoms with Crippen LogP contribution in [0, 0.1) is 30.1 Å². The van der Waals surface area contributed by atoms with Gasteiger partial charge in [0.25, 0.3) is 0 Å². The van der Waals surface area contributed by atoms with Gasteiger partial charge in [-0.15, -0.1) is 0 Å². The van der Waals surface area contributed by atoms with Crippen molar-refractivity contribution in [2.45, 2.75) is 58.1 Å².